The number of aliphatic hydroxyl groups is 1. The number of imidazole rings is 4. The number of aromatic nitrogens is 16. The van der Waals surface area contributed by atoms with Crippen molar-refractivity contribution in [3.05, 3.63) is 262 Å². The lowest BCUT2D eigenvalue weighted by atomic mass is 10.1. The molecule has 0 aliphatic carbocycles. The Bertz CT molecular complexity index is 6670. The normalized spacial score (nSPS) is 11.8. The topological polar surface area (TPSA) is 333 Å². The van der Waals surface area contributed by atoms with Gasteiger partial charge in [0.2, 0.25) is 23.8 Å². The van der Waals surface area contributed by atoms with Crippen LogP contribution in [-0.4, -0.2) is 96.3 Å². The summed E-state index contributed by atoms with van der Waals surface area (Å²) < 4.78 is 256. The molecule has 44 heteroatoms. The number of fused-ring (bicyclic) bond motifs is 4. The lowest BCUT2D eigenvalue weighted by Crippen LogP contribution is -2.12. The van der Waals surface area contributed by atoms with Crippen LogP contribution in [0.3, 0.4) is 0 Å². The van der Waals surface area contributed by atoms with Crippen LogP contribution < -0.4 is 43.8 Å². The molecule has 0 saturated carbocycles. The molecule has 16 aromatic rings. The van der Waals surface area contributed by atoms with Crippen molar-refractivity contribution in [1.29, 1.82) is 0 Å². The molecule has 0 saturated heterocycles. The van der Waals surface area contributed by atoms with Crippen LogP contribution in [0, 0.1) is 68.4 Å². The van der Waals surface area contributed by atoms with Crippen molar-refractivity contribution in [2.45, 2.75) is 65.7 Å². The summed E-state index contributed by atoms with van der Waals surface area (Å²) >= 11 is 0. The number of aliphatic hydroxyl groups excluding tert-OH is 1. The van der Waals surface area contributed by atoms with E-state index in [0.717, 1.165) is 95.8 Å². The minimum absolute atomic E-state index is 0.00517. The maximum Gasteiger partial charge on any atom is 0.419 e. The molecule has 0 bridgehead atoms. The number of nitrogens with two attached hydrogens (primary N) is 3. The minimum Gasteiger partial charge on any atom is -0.395 e. The zero-order valence-corrected chi connectivity index (χ0v) is 64.3. The lowest BCUT2D eigenvalue weighted by Gasteiger charge is -2.13. The van der Waals surface area contributed by atoms with Gasteiger partial charge in [-0.1, -0.05) is 13.0 Å². The van der Waals surface area contributed by atoms with E-state index in [4.69, 9.17) is 22.3 Å². The van der Waals surface area contributed by atoms with Crippen LogP contribution in [0.5, 0.6) is 0 Å². The molecule has 0 atom stereocenters. The Hall–Kier alpha value is -15.0. The molecule has 0 fully saturated rings. The predicted molar refractivity (Wildman–Crippen MR) is 422 cm³/mol. The molecule has 8 aromatic heterocycles. The fourth-order valence-corrected chi connectivity index (χ4v) is 12.5. The smallest absolute Gasteiger partial charge is 0.395 e. The SMILES string of the molecule is CCc1ccc2nc(C)n(-c3nc(N)cc(Nc4ccc(C(F)(F)F)cc4)n3)c2c1.Cc1nc2c(F)cc(F)cc2n1-c1nc(N)cc(Nc2ccc(C(F)(F)F)c(F)c2)n1.Cc1nc2c(F)cc(F)cc2n1-c1nc(N)cc(Nc2ccc(C(F)(F)F)cc2)n1.Cc1nc2c(F)cc(F)cc2n1-c1nc(NCCO)cc(Nc2ccc(C(F)(F)F)cc2)n1. The zero-order chi connectivity index (χ0) is 89.3. The first-order valence-corrected chi connectivity index (χ1v) is 36.2. The number of nitrogens with one attached hydrogen (secondary N) is 5. The Kier molecular flexibility index (Phi) is 24.2. The molecule has 640 valence electrons. The Labute approximate surface area is 685 Å². The van der Waals surface area contributed by atoms with E-state index in [-0.39, 0.29) is 122 Å². The van der Waals surface area contributed by atoms with Gasteiger partial charge in [0.1, 0.15) is 110 Å². The summed E-state index contributed by atoms with van der Waals surface area (Å²) in [6.07, 6.45) is -17.3. The van der Waals surface area contributed by atoms with Gasteiger partial charge in [-0.2, -0.15) is 92.6 Å². The van der Waals surface area contributed by atoms with Crippen LogP contribution >= 0.6 is 0 Å². The maximum atomic E-state index is 14.2. The zero-order valence-electron chi connectivity index (χ0n) is 64.3. The molecular weight excluding hydrogens is 1670 g/mol. The molecule has 8 heterocycles. The van der Waals surface area contributed by atoms with Gasteiger partial charge in [-0.3, -0.25) is 18.3 Å². The second-order valence-corrected chi connectivity index (χ2v) is 26.9. The first kappa shape index (κ1) is 86.8. The van der Waals surface area contributed by atoms with E-state index in [1.54, 1.807) is 13.8 Å². The molecule has 124 heavy (non-hydrogen) atoms. The highest BCUT2D eigenvalue weighted by atomic mass is 19.4. The van der Waals surface area contributed by atoms with Gasteiger partial charge >= 0.3 is 24.7 Å². The van der Waals surface area contributed by atoms with E-state index in [9.17, 15) is 83.4 Å². The molecule has 25 nitrogen and oxygen atoms in total. The van der Waals surface area contributed by atoms with Crippen molar-refractivity contribution in [3.8, 4) is 23.8 Å². The van der Waals surface area contributed by atoms with Crippen molar-refractivity contribution in [2.24, 2.45) is 0 Å². The molecule has 0 aliphatic rings. The molecule has 0 unspecified atom stereocenters. The van der Waals surface area contributed by atoms with Crippen molar-refractivity contribution in [1.82, 2.24) is 78.1 Å². The second kappa shape index (κ2) is 34.6. The van der Waals surface area contributed by atoms with E-state index < -0.39 is 87.7 Å². The number of anilines is 12. The third-order valence-electron chi connectivity index (χ3n) is 18.0. The summed E-state index contributed by atoms with van der Waals surface area (Å²) in [5.41, 5.74) is 17.8. The fraction of sp³-hybridized carbons (Fsp3) is 0.150. The average Bonchev–Trinajstić information content (AvgIpc) is 1.64. The Morgan fingerprint density at radius 3 is 0.984 bits per heavy atom. The molecule has 0 amide bonds. The monoisotopic (exact) mass is 1730 g/mol. The maximum absolute atomic E-state index is 14.2. The molecule has 12 N–H and O–H groups in total. The number of benzene rings is 8. The summed E-state index contributed by atoms with van der Waals surface area (Å²) in [5, 5.41) is 23.3. The van der Waals surface area contributed by atoms with Crippen molar-refractivity contribution in [3.63, 3.8) is 0 Å². The van der Waals surface area contributed by atoms with E-state index in [1.807, 2.05) is 29.7 Å². The molecule has 16 rings (SSSR count). The average molecular weight is 1740 g/mol. The molecule has 0 radical (unpaired) electrons. The van der Waals surface area contributed by atoms with Gasteiger partial charge in [0.05, 0.1) is 56.4 Å². The number of nitrogen functional groups attached to an aromatic ring is 3. The van der Waals surface area contributed by atoms with Crippen LogP contribution in [0.4, 0.5) is 153 Å². The van der Waals surface area contributed by atoms with E-state index >= 15 is 0 Å². The van der Waals surface area contributed by atoms with Gasteiger partial charge in [-0.15, -0.1) is 0 Å². The van der Waals surface area contributed by atoms with E-state index in [1.165, 1.54) is 81.3 Å². The molecular formula is C80H61F19N24O. The fourth-order valence-electron chi connectivity index (χ4n) is 12.5. The third kappa shape index (κ3) is 19.7. The van der Waals surface area contributed by atoms with Crippen LogP contribution in [0.15, 0.2) is 170 Å². The number of alkyl halides is 12. The number of hydrogen-bond acceptors (Lipinski definition) is 21. The largest absolute Gasteiger partial charge is 0.419 e. The van der Waals surface area contributed by atoms with E-state index in [2.05, 4.69) is 93.3 Å². The first-order chi connectivity index (χ1) is 58.5. The number of rotatable bonds is 16. The highest BCUT2D eigenvalue weighted by Gasteiger charge is 2.35. The summed E-state index contributed by atoms with van der Waals surface area (Å²) in [6, 6.07) is 32.6. The van der Waals surface area contributed by atoms with Gasteiger partial charge in [0.25, 0.3) is 0 Å². The Morgan fingerprint density at radius 1 is 0.323 bits per heavy atom. The van der Waals surface area contributed by atoms with E-state index in [0.29, 0.717) is 58.7 Å². The van der Waals surface area contributed by atoms with Gasteiger partial charge in [-0.05, 0) is 143 Å². The number of aryl methyl sites for hydroxylation is 5. The summed E-state index contributed by atoms with van der Waals surface area (Å²) in [4.78, 5) is 50.9. The number of nitrogens with zero attached hydrogens (tertiary/aromatic N) is 16. The quantitative estimate of drug-likeness (QED) is 0.0406. The molecule has 0 aliphatic heterocycles. The van der Waals surface area contributed by atoms with Crippen molar-refractivity contribution < 1.29 is 88.5 Å². The third-order valence-corrected chi connectivity index (χ3v) is 18.0. The minimum atomic E-state index is -4.83. The molecule has 8 aromatic carbocycles. The number of halogens is 19. The van der Waals surface area contributed by atoms with Crippen LogP contribution in [-0.2, 0) is 31.1 Å². The first-order valence-electron chi connectivity index (χ1n) is 36.2. The van der Waals surface area contributed by atoms with Crippen molar-refractivity contribution in [2.75, 3.05) is 56.9 Å². The lowest BCUT2D eigenvalue weighted by molar-refractivity contribution is -0.140. The van der Waals surface area contributed by atoms with Crippen LogP contribution in [0.25, 0.3) is 67.9 Å². The Morgan fingerprint density at radius 2 is 0.645 bits per heavy atom. The predicted octanol–water partition coefficient (Wildman–Crippen LogP) is 19.2. The summed E-state index contributed by atoms with van der Waals surface area (Å²) in [5.74, 6) is -3.50. The van der Waals surface area contributed by atoms with Gasteiger partial charge in [0, 0.05) is 90.0 Å². The van der Waals surface area contributed by atoms with Crippen LogP contribution in [0.1, 0.15) is 58.0 Å². The highest BCUT2D eigenvalue weighted by Crippen LogP contribution is 2.38. The van der Waals surface area contributed by atoms with Gasteiger partial charge in [-0.25, -0.2) is 50.7 Å². The van der Waals surface area contributed by atoms with Gasteiger partial charge < -0.3 is 48.9 Å². The highest BCUT2D eigenvalue weighted by molar-refractivity contribution is 5.82. The summed E-state index contributed by atoms with van der Waals surface area (Å²) in [6.45, 7) is 8.53. The van der Waals surface area contributed by atoms with Crippen molar-refractivity contribution >= 4 is 113 Å². The van der Waals surface area contributed by atoms with Gasteiger partial charge in [0.15, 0.2) is 17.5 Å². The van der Waals surface area contributed by atoms with Crippen LogP contribution in [0.2, 0.25) is 0 Å². The standard InChI is InChI=1S/C21H17F5N6O.C21H19F3N6.C19H12F6N6.C19H13F5N6/c1-11-28-19-15(23)8-13(22)9-16(19)32(11)20-30-17(27-6-7-33)10-18(31-20)29-14-4-2-12(3-5-14)21(24,25)26;1-3-13-4-9-16-17(10-13)30(12(2)26-16)20-28-18(25)11-19(29-20)27-15-7-5-14(6-8-15)21(22,23)24;1-8-27-17-13(22)4-9(20)5-14(17)31(8)18-29-15(26)7-16(30-18)28-10-2-3-11(12(21)6-10)19(23,24)25;1-9-26-17-13(21)6-11(20)7-14(17)30(9)18-28-15(25)8-16(29-18)27-12-4-2-10(3-5-12)19(22,23)24/h2-5,8-10,33H,6-7H2,1H3,(H2,27,29,30,31);4-11H,3H2,1-2H3,(H3,25,27,28,29);2-7H,1H3,(H3,26,28,29,30);2-8H,1H3,(H3,25,27,28,29). The Balaban J connectivity index is 0.000000142. The summed E-state index contributed by atoms with van der Waals surface area (Å²) in [7, 11) is 0. The second-order valence-electron chi connectivity index (χ2n) is 26.9. The molecule has 0 spiro atoms. The number of hydrogen-bond donors (Lipinski definition) is 9.